The van der Waals surface area contributed by atoms with Gasteiger partial charge in [0.05, 0.1) is 10.9 Å². The van der Waals surface area contributed by atoms with E-state index in [9.17, 15) is 5.11 Å². The van der Waals surface area contributed by atoms with Gasteiger partial charge in [-0.3, -0.25) is 4.68 Å². The van der Waals surface area contributed by atoms with Crippen molar-refractivity contribution in [1.82, 2.24) is 9.78 Å². The Labute approximate surface area is 77.7 Å². The van der Waals surface area contributed by atoms with E-state index in [4.69, 9.17) is 0 Å². The van der Waals surface area contributed by atoms with Crippen LogP contribution in [-0.2, 0) is 7.05 Å². The number of nitrogens with zero attached hydrogens (tertiary/aromatic N) is 2. The summed E-state index contributed by atoms with van der Waals surface area (Å²) in [5.74, 6) is 0.257. The van der Waals surface area contributed by atoms with Gasteiger partial charge in [-0.1, -0.05) is 6.07 Å². The number of benzene rings is 1. The Morgan fingerprint density at radius 1 is 1.50 bits per heavy atom. The van der Waals surface area contributed by atoms with Gasteiger partial charge in [0, 0.05) is 7.05 Å². The van der Waals surface area contributed by atoms with Gasteiger partial charge in [0.1, 0.15) is 10.4 Å². The average Bonchev–Trinajstić information content (AvgIpc) is 2.29. The molecule has 0 amide bonds. The van der Waals surface area contributed by atoms with Crippen molar-refractivity contribution in [3.8, 4) is 5.75 Å². The number of phenolic OH excluding ortho intramolecular Hbond substituents is 1. The highest BCUT2D eigenvalue weighted by atomic mass is 79.9. The molecule has 0 fully saturated rings. The van der Waals surface area contributed by atoms with Crippen molar-refractivity contribution < 1.29 is 5.11 Å². The molecule has 1 aromatic carbocycles. The lowest BCUT2D eigenvalue weighted by Gasteiger charge is -1.94. The molecule has 12 heavy (non-hydrogen) atoms. The van der Waals surface area contributed by atoms with Crippen LogP contribution in [0.25, 0.3) is 10.9 Å². The number of hydrogen-bond acceptors (Lipinski definition) is 2. The minimum Gasteiger partial charge on any atom is -0.507 e. The first-order valence-electron chi connectivity index (χ1n) is 3.50. The number of fused-ring (bicyclic) bond motifs is 1. The van der Waals surface area contributed by atoms with E-state index in [0.29, 0.717) is 4.60 Å². The first kappa shape index (κ1) is 7.61. The third-order valence-electron chi connectivity index (χ3n) is 1.81. The van der Waals surface area contributed by atoms with Crippen molar-refractivity contribution in [2.24, 2.45) is 7.05 Å². The smallest absolute Gasteiger partial charge is 0.139 e. The molecule has 0 bridgehead atoms. The Kier molecular flexibility index (Phi) is 1.58. The Morgan fingerprint density at radius 3 is 2.92 bits per heavy atom. The number of phenols is 1. The van der Waals surface area contributed by atoms with Crippen molar-refractivity contribution >= 4 is 26.8 Å². The van der Waals surface area contributed by atoms with Gasteiger partial charge in [-0.15, -0.1) is 0 Å². The zero-order valence-electron chi connectivity index (χ0n) is 6.45. The second-order valence-corrected chi connectivity index (χ2v) is 3.34. The molecule has 0 saturated heterocycles. The van der Waals surface area contributed by atoms with Crippen molar-refractivity contribution in [3.05, 3.63) is 22.8 Å². The van der Waals surface area contributed by atoms with Crippen LogP contribution in [0, 0.1) is 0 Å². The fraction of sp³-hybridized carbons (Fsp3) is 0.125. The number of hydrogen-bond donors (Lipinski definition) is 1. The standard InChI is InChI=1S/C8H7BrN2O/c1-11-5-3-2-4-6(12)7(5)8(9)10-11/h2-4,12H,1H3. The van der Waals surface area contributed by atoms with Gasteiger partial charge < -0.3 is 5.11 Å². The van der Waals surface area contributed by atoms with Crippen molar-refractivity contribution in [2.45, 2.75) is 0 Å². The van der Waals surface area contributed by atoms with E-state index in [1.807, 2.05) is 13.1 Å². The fourth-order valence-electron chi connectivity index (χ4n) is 1.24. The van der Waals surface area contributed by atoms with Gasteiger partial charge in [0.15, 0.2) is 0 Å². The summed E-state index contributed by atoms with van der Waals surface area (Å²) in [5.41, 5.74) is 0.918. The van der Waals surface area contributed by atoms with Crippen LogP contribution >= 0.6 is 15.9 Å². The summed E-state index contributed by atoms with van der Waals surface area (Å²) in [6.45, 7) is 0. The topological polar surface area (TPSA) is 38.0 Å². The summed E-state index contributed by atoms with van der Waals surface area (Å²) in [6.07, 6.45) is 0. The number of aromatic nitrogens is 2. The van der Waals surface area contributed by atoms with Gasteiger partial charge in [0.25, 0.3) is 0 Å². The van der Waals surface area contributed by atoms with E-state index >= 15 is 0 Å². The lowest BCUT2D eigenvalue weighted by atomic mass is 10.2. The molecule has 0 unspecified atom stereocenters. The minimum absolute atomic E-state index is 0.257. The SMILES string of the molecule is Cn1nc(Br)c2c(O)cccc21. The van der Waals surface area contributed by atoms with Gasteiger partial charge in [0.2, 0.25) is 0 Å². The Morgan fingerprint density at radius 2 is 2.25 bits per heavy atom. The molecule has 0 spiro atoms. The van der Waals surface area contributed by atoms with Gasteiger partial charge in [-0.25, -0.2) is 0 Å². The van der Waals surface area contributed by atoms with E-state index in [1.54, 1.807) is 16.8 Å². The van der Waals surface area contributed by atoms with Crippen LogP contribution in [0.3, 0.4) is 0 Å². The van der Waals surface area contributed by atoms with Gasteiger partial charge in [-0.05, 0) is 28.1 Å². The predicted molar refractivity (Wildman–Crippen MR) is 50.1 cm³/mol. The van der Waals surface area contributed by atoms with Crippen LogP contribution in [-0.4, -0.2) is 14.9 Å². The van der Waals surface area contributed by atoms with E-state index in [1.165, 1.54) is 0 Å². The monoisotopic (exact) mass is 226 g/mol. The van der Waals surface area contributed by atoms with E-state index in [-0.39, 0.29) is 5.75 Å². The molecule has 4 heteroatoms. The normalized spacial score (nSPS) is 10.8. The summed E-state index contributed by atoms with van der Waals surface area (Å²) >= 11 is 3.28. The first-order valence-corrected chi connectivity index (χ1v) is 4.29. The summed E-state index contributed by atoms with van der Waals surface area (Å²) in [7, 11) is 1.84. The molecule has 0 atom stereocenters. The van der Waals surface area contributed by atoms with E-state index < -0.39 is 0 Å². The minimum atomic E-state index is 0.257. The molecule has 0 radical (unpaired) electrons. The van der Waals surface area contributed by atoms with Crippen LogP contribution < -0.4 is 0 Å². The van der Waals surface area contributed by atoms with Crippen molar-refractivity contribution in [3.63, 3.8) is 0 Å². The maximum Gasteiger partial charge on any atom is 0.139 e. The quantitative estimate of drug-likeness (QED) is 0.747. The van der Waals surface area contributed by atoms with E-state index in [2.05, 4.69) is 21.0 Å². The van der Waals surface area contributed by atoms with Crippen LogP contribution in [0.15, 0.2) is 22.8 Å². The largest absolute Gasteiger partial charge is 0.507 e. The van der Waals surface area contributed by atoms with Crippen LogP contribution in [0.2, 0.25) is 0 Å². The van der Waals surface area contributed by atoms with Gasteiger partial charge >= 0.3 is 0 Å². The molecule has 1 aromatic heterocycles. The third-order valence-corrected chi connectivity index (χ3v) is 2.37. The maximum atomic E-state index is 9.48. The Balaban J connectivity index is 2.99. The first-order chi connectivity index (χ1) is 5.70. The number of aromatic hydroxyl groups is 1. The number of aryl methyl sites for hydroxylation is 1. The molecule has 0 aliphatic carbocycles. The average molecular weight is 227 g/mol. The summed E-state index contributed by atoms with van der Waals surface area (Å²) in [4.78, 5) is 0. The van der Waals surface area contributed by atoms with Gasteiger partial charge in [-0.2, -0.15) is 5.10 Å². The van der Waals surface area contributed by atoms with Crippen LogP contribution in [0.5, 0.6) is 5.75 Å². The van der Waals surface area contributed by atoms with E-state index in [0.717, 1.165) is 10.9 Å². The Bertz CT molecular complexity index is 436. The van der Waals surface area contributed by atoms with Crippen LogP contribution in [0.1, 0.15) is 0 Å². The molecule has 0 aliphatic rings. The molecule has 1 N–H and O–H groups in total. The molecular formula is C8H7BrN2O. The molecule has 2 rings (SSSR count). The lowest BCUT2D eigenvalue weighted by molar-refractivity contribution is 0.481. The lowest BCUT2D eigenvalue weighted by Crippen LogP contribution is -1.87. The number of halogens is 1. The Hall–Kier alpha value is -1.03. The number of rotatable bonds is 0. The second-order valence-electron chi connectivity index (χ2n) is 2.59. The maximum absolute atomic E-state index is 9.48. The zero-order valence-corrected chi connectivity index (χ0v) is 8.04. The molecule has 2 aromatic rings. The molecule has 1 heterocycles. The van der Waals surface area contributed by atoms with Crippen molar-refractivity contribution in [2.75, 3.05) is 0 Å². The predicted octanol–water partition coefficient (Wildman–Crippen LogP) is 2.04. The highest BCUT2D eigenvalue weighted by Gasteiger charge is 2.08. The molecule has 3 nitrogen and oxygen atoms in total. The summed E-state index contributed by atoms with van der Waals surface area (Å²) in [6, 6.07) is 5.35. The zero-order chi connectivity index (χ0) is 8.72. The fourth-order valence-corrected chi connectivity index (χ4v) is 1.89. The van der Waals surface area contributed by atoms with Crippen LogP contribution in [0.4, 0.5) is 0 Å². The highest BCUT2D eigenvalue weighted by Crippen LogP contribution is 2.30. The molecule has 0 saturated carbocycles. The second kappa shape index (κ2) is 2.48. The molecule has 62 valence electrons. The summed E-state index contributed by atoms with van der Waals surface area (Å²) < 4.78 is 2.40. The highest BCUT2D eigenvalue weighted by molar-refractivity contribution is 9.10. The summed E-state index contributed by atoms with van der Waals surface area (Å²) in [5, 5.41) is 14.4. The third kappa shape index (κ3) is 0.914. The van der Waals surface area contributed by atoms with Crippen molar-refractivity contribution in [1.29, 1.82) is 0 Å². The molecular weight excluding hydrogens is 220 g/mol. The molecule has 0 aliphatic heterocycles.